The number of nitrogens with one attached hydrogen (secondary N) is 1. The molecule has 178 valence electrons. The smallest absolute Gasteiger partial charge is 0.253 e. The number of hydrogen-bond acceptors (Lipinski definition) is 5. The van der Waals surface area contributed by atoms with Crippen LogP contribution in [0, 0.1) is 0 Å². The SMILES string of the molecule is Nc1ccc(C2CCN(C(=O)c3cccc(-c4nc5cc(N6CCCC6)ncc5[nH]4)c3)CC2)cc1. The van der Waals surface area contributed by atoms with E-state index < -0.39 is 0 Å². The van der Waals surface area contributed by atoms with Crippen molar-refractivity contribution in [2.24, 2.45) is 0 Å². The largest absolute Gasteiger partial charge is 0.399 e. The van der Waals surface area contributed by atoms with Crippen LogP contribution in [0.3, 0.4) is 0 Å². The zero-order valence-electron chi connectivity index (χ0n) is 19.8. The van der Waals surface area contributed by atoms with Gasteiger partial charge in [-0.25, -0.2) is 9.97 Å². The van der Waals surface area contributed by atoms with Crippen LogP contribution in [0.1, 0.15) is 47.5 Å². The predicted octanol–water partition coefficient (Wildman–Crippen LogP) is 4.83. The molecule has 2 fully saturated rings. The summed E-state index contributed by atoms with van der Waals surface area (Å²) < 4.78 is 0. The normalized spacial score (nSPS) is 16.8. The second-order valence-corrected chi connectivity index (χ2v) is 9.65. The number of carbonyl (C=O) groups is 1. The van der Waals surface area contributed by atoms with Crippen molar-refractivity contribution in [2.45, 2.75) is 31.6 Å². The molecule has 2 aromatic carbocycles. The number of aromatic nitrogens is 3. The summed E-state index contributed by atoms with van der Waals surface area (Å²) >= 11 is 0. The van der Waals surface area contributed by atoms with Crippen LogP contribution in [0.5, 0.6) is 0 Å². The molecule has 2 saturated heterocycles. The standard InChI is InChI=1S/C28H30N6O/c29-23-8-6-19(7-9-23)20-10-14-34(15-11-20)28(35)22-5-3-4-21(16-22)27-31-24-17-26(30-18-25(24)32-27)33-12-1-2-13-33/h3-9,16-18,20H,1-2,10-15,29H2,(H,31,32). The summed E-state index contributed by atoms with van der Waals surface area (Å²) in [5.41, 5.74) is 11.3. The number of rotatable bonds is 4. The van der Waals surface area contributed by atoms with Crippen molar-refractivity contribution in [1.29, 1.82) is 0 Å². The van der Waals surface area contributed by atoms with Gasteiger partial charge in [0.1, 0.15) is 11.6 Å². The number of likely N-dealkylation sites (tertiary alicyclic amines) is 1. The first-order valence-corrected chi connectivity index (χ1v) is 12.5. The monoisotopic (exact) mass is 466 g/mol. The zero-order valence-corrected chi connectivity index (χ0v) is 19.8. The number of nitrogens with two attached hydrogens (primary N) is 1. The Morgan fingerprint density at radius 2 is 1.74 bits per heavy atom. The molecular formula is C28H30N6O. The minimum absolute atomic E-state index is 0.0803. The number of piperidine rings is 1. The summed E-state index contributed by atoms with van der Waals surface area (Å²) in [6, 6.07) is 18.0. The van der Waals surface area contributed by atoms with Crippen LogP contribution in [0.4, 0.5) is 11.5 Å². The number of nitrogen functional groups attached to an aromatic ring is 1. The van der Waals surface area contributed by atoms with Crippen LogP contribution in [-0.4, -0.2) is 51.9 Å². The number of benzene rings is 2. The van der Waals surface area contributed by atoms with E-state index in [4.69, 9.17) is 10.7 Å². The van der Waals surface area contributed by atoms with Crippen molar-refractivity contribution in [3.8, 4) is 11.4 Å². The van der Waals surface area contributed by atoms with E-state index in [0.29, 0.717) is 11.5 Å². The van der Waals surface area contributed by atoms with E-state index in [2.05, 4.69) is 33.1 Å². The van der Waals surface area contributed by atoms with Crippen LogP contribution in [0.15, 0.2) is 60.8 Å². The van der Waals surface area contributed by atoms with Crippen molar-refractivity contribution in [1.82, 2.24) is 19.9 Å². The Hall–Kier alpha value is -3.87. The molecule has 6 rings (SSSR count). The molecule has 4 heterocycles. The molecule has 0 atom stereocenters. The van der Waals surface area contributed by atoms with E-state index >= 15 is 0 Å². The highest BCUT2D eigenvalue weighted by Gasteiger charge is 2.25. The molecule has 0 bridgehead atoms. The predicted molar refractivity (Wildman–Crippen MR) is 140 cm³/mol. The summed E-state index contributed by atoms with van der Waals surface area (Å²) in [6.07, 6.45) is 6.22. The molecule has 3 N–H and O–H groups in total. The fourth-order valence-electron chi connectivity index (χ4n) is 5.32. The first kappa shape index (κ1) is 21.6. The second kappa shape index (κ2) is 9.06. The highest BCUT2D eigenvalue weighted by atomic mass is 16.2. The Balaban J connectivity index is 1.17. The maximum absolute atomic E-state index is 13.3. The van der Waals surface area contributed by atoms with Crippen molar-refractivity contribution < 1.29 is 4.79 Å². The summed E-state index contributed by atoms with van der Waals surface area (Å²) in [5.74, 6) is 2.30. The van der Waals surface area contributed by atoms with Crippen LogP contribution >= 0.6 is 0 Å². The van der Waals surface area contributed by atoms with Gasteiger partial charge in [-0.2, -0.15) is 0 Å². The lowest BCUT2D eigenvalue weighted by Crippen LogP contribution is -2.37. The Labute approximate surface area is 205 Å². The average molecular weight is 467 g/mol. The summed E-state index contributed by atoms with van der Waals surface area (Å²) in [4.78, 5) is 30.4. The van der Waals surface area contributed by atoms with Gasteiger partial charge in [-0.3, -0.25) is 4.79 Å². The number of H-pyrrole nitrogens is 1. The number of fused-ring (bicyclic) bond motifs is 1. The molecule has 0 spiro atoms. The van der Waals surface area contributed by atoms with Gasteiger partial charge in [0, 0.05) is 49.1 Å². The maximum Gasteiger partial charge on any atom is 0.253 e. The second-order valence-electron chi connectivity index (χ2n) is 9.65. The third-order valence-electron chi connectivity index (χ3n) is 7.36. The average Bonchev–Trinajstić information content (AvgIpc) is 3.59. The number of carbonyl (C=O) groups excluding carboxylic acids is 1. The number of pyridine rings is 1. The van der Waals surface area contributed by atoms with Gasteiger partial charge >= 0.3 is 0 Å². The summed E-state index contributed by atoms with van der Waals surface area (Å²) in [5, 5.41) is 0. The quantitative estimate of drug-likeness (QED) is 0.421. The summed E-state index contributed by atoms with van der Waals surface area (Å²) in [7, 11) is 0. The van der Waals surface area contributed by atoms with Gasteiger partial charge in [-0.15, -0.1) is 0 Å². The number of aromatic amines is 1. The molecule has 2 aromatic heterocycles. The topological polar surface area (TPSA) is 91.1 Å². The minimum atomic E-state index is 0.0803. The van der Waals surface area contributed by atoms with Gasteiger partial charge in [0.15, 0.2) is 0 Å². The number of nitrogens with zero attached hydrogens (tertiary/aromatic N) is 4. The number of anilines is 2. The Morgan fingerprint density at radius 1 is 0.971 bits per heavy atom. The van der Waals surface area contributed by atoms with Gasteiger partial charge in [-0.05, 0) is 61.4 Å². The lowest BCUT2D eigenvalue weighted by molar-refractivity contribution is 0.0713. The molecule has 2 aliphatic heterocycles. The van der Waals surface area contributed by atoms with E-state index in [1.165, 1.54) is 18.4 Å². The molecule has 0 unspecified atom stereocenters. The third kappa shape index (κ3) is 4.34. The lowest BCUT2D eigenvalue weighted by atomic mass is 9.89. The van der Waals surface area contributed by atoms with Gasteiger partial charge in [0.25, 0.3) is 5.91 Å². The zero-order chi connectivity index (χ0) is 23.8. The first-order valence-electron chi connectivity index (χ1n) is 12.5. The van der Waals surface area contributed by atoms with Gasteiger partial charge in [0.2, 0.25) is 0 Å². The van der Waals surface area contributed by atoms with Crippen LogP contribution in [-0.2, 0) is 0 Å². The first-order chi connectivity index (χ1) is 17.1. The number of hydrogen-bond donors (Lipinski definition) is 2. The van der Waals surface area contributed by atoms with Gasteiger partial charge in [-0.1, -0.05) is 24.3 Å². The molecule has 0 radical (unpaired) electrons. The highest BCUT2D eigenvalue weighted by Crippen LogP contribution is 2.30. The molecule has 7 heteroatoms. The van der Waals surface area contributed by atoms with Crippen molar-refractivity contribution in [2.75, 3.05) is 36.8 Å². The summed E-state index contributed by atoms with van der Waals surface area (Å²) in [6.45, 7) is 3.62. The van der Waals surface area contributed by atoms with Crippen LogP contribution in [0.25, 0.3) is 22.4 Å². The van der Waals surface area contributed by atoms with Gasteiger partial charge < -0.3 is 20.5 Å². The van der Waals surface area contributed by atoms with Crippen molar-refractivity contribution in [3.05, 3.63) is 71.9 Å². The molecule has 1 amide bonds. The minimum Gasteiger partial charge on any atom is -0.399 e. The fourth-order valence-corrected chi connectivity index (χ4v) is 5.32. The van der Waals surface area contributed by atoms with E-state index in [9.17, 15) is 4.79 Å². The Bertz CT molecular complexity index is 1350. The maximum atomic E-state index is 13.3. The van der Waals surface area contributed by atoms with E-state index in [-0.39, 0.29) is 5.91 Å². The van der Waals surface area contributed by atoms with E-state index in [1.54, 1.807) is 0 Å². The Kier molecular flexibility index (Phi) is 5.60. The Morgan fingerprint density at radius 3 is 2.51 bits per heavy atom. The third-order valence-corrected chi connectivity index (χ3v) is 7.36. The molecule has 7 nitrogen and oxygen atoms in total. The van der Waals surface area contributed by atoms with Crippen molar-refractivity contribution in [3.63, 3.8) is 0 Å². The van der Waals surface area contributed by atoms with Crippen LogP contribution < -0.4 is 10.6 Å². The molecule has 2 aliphatic rings. The van der Waals surface area contributed by atoms with Crippen LogP contribution in [0.2, 0.25) is 0 Å². The molecular weight excluding hydrogens is 436 g/mol. The molecule has 4 aromatic rings. The van der Waals surface area contributed by atoms with E-state index in [1.807, 2.05) is 47.5 Å². The highest BCUT2D eigenvalue weighted by molar-refractivity contribution is 5.95. The molecule has 0 aliphatic carbocycles. The van der Waals surface area contributed by atoms with Gasteiger partial charge in [0.05, 0.1) is 17.2 Å². The number of amides is 1. The van der Waals surface area contributed by atoms with E-state index in [0.717, 1.165) is 72.9 Å². The van der Waals surface area contributed by atoms with Crippen molar-refractivity contribution >= 4 is 28.4 Å². The number of imidazole rings is 1. The molecule has 35 heavy (non-hydrogen) atoms. The lowest BCUT2D eigenvalue weighted by Gasteiger charge is -2.32. The molecule has 0 saturated carbocycles. The fraction of sp³-hybridized carbons (Fsp3) is 0.321.